The second-order valence-corrected chi connectivity index (χ2v) is 10.0. The molecule has 0 aliphatic carbocycles. The van der Waals surface area contributed by atoms with Gasteiger partial charge in [-0.3, -0.25) is 4.79 Å². The van der Waals surface area contributed by atoms with E-state index in [0.29, 0.717) is 5.56 Å². The summed E-state index contributed by atoms with van der Waals surface area (Å²) in [6.07, 6.45) is -5.92. The van der Waals surface area contributed by atoms with Crippen molar-refractivity contribution in [1.29, 1.82) is 0 Å². The SMILES string of the molecule is C.CCOC(=O)C(C)=O.CCOC(=O)C(O)(CC(C)(C)c1ccccc1)C(F)(F)F.[CH2-]C(C)(C)c1ccccc1.[Cl-].[Mg+2]. The molecule has 0 saturated carbocycles. The van der Waals surface area contributed by atoms with Gasteiger partial charge >= 0.3 is 41.2 Å². The average Bonchev–Trinajstić information content (AvgIpc) is 2.84. The molecular weight excluding hydrogens is 585 g/mol. The molecule has 0 aromatic heterocycles. The maximum Gasteiger partial charge on any atom is 2.00 e. The van der Waals surface area contributed by atoms with E-state index in [-0.39, 0.29) is 61.5 Å². The van der Waals surface area contributed by atoms with Crippen LogP contribution in [-0.4, -0.2) is 70.9 Å². The molecule has 0 saturated heterocycles. The molecule has 0 aliphatic rings. The van der Waals surface area contributed by atoms with Crippen molar-refractivity contribution in [1.82, 2.24) is 0 Å². The van der Waals surface area contributed by atoms with Crippen LogP contribution in [0.2, 0.25) is 0 Å². The Hall–Kier alpha value is -2.14. The van der Waals surface area contributed by atoms with E-state index in [1.165, 1.54) is 33.3 Å². The van der Waals surface area contributed by atoms with Gasteiger partial charge in [0.1, 0.15) is 0 Å². The van der Waals surface area contributed by atoms with Crippen LogP contribution in [0.15, 0.2) is 60.7 Å². The van der Waals surface area contributed by atoms with Gasteiger partial charge < -0.3 is 33.9 Å². The molecule has 1 atom stereocenters. The fourth-order valence-electron chi connectivity index (χ4n) is 3.29. The van der Waals surface area contributed by atoms with E-state index < -0.39 is 41.3 Å². The van der Waals surface area contributed by atoms with Crippen molar-refractivity contribution in [2.24, 2.45) is 0 Å². The molecule has 11 heteroatoms. The number of ketones is 1. The Balaban J connectivity index is -0.000000288. The minimum Gasteiger partial charge on any atom is -1.00 e. The molecule has 2 aromatic rings. The van der Waals surface area contributed by atoms with Crippen molar-refractivity contribution < 1.29 is 54.5 Å². The van der Waals surface area contributed by atoms with Crippen LogP contribution in [0.25, 0.3) is 0 Å². The number of ether oxygens (including phenoxy) is 2. The quantitative estimate of drug-likeness (QED) is 0.209. The van der Waals surface area contributed by atoms with Crippen molar-refractivity contribution >= 4 is 40.8 Å². The van der Waals surface area contributed by atoms with Crippen molar-refractivity contribution in [2.45, 2.75) is 84.9 Å². The number of esters is 2. The van der Waals surface area contributed by atoms with Gasteiger partial charge in [-0.05, 0) is 24.8 Å². The van der Waals surface area contributed by atoms with E-state index in [4.69, 9.17) is 0 Å². The van der Waals surface area contributed by atoms with Crippen molar-refractivity contribution in [2.75, 3.05) is 13.2 Å². The Morgan fingerprint density at radius 2 is 1.19 bits per heavy atom. The molecule has 0 amide bonds. The number of rotatable bonds is 8. The first-order valence-electron chi connectivity index (χ1n) is 12.4. The maximum atomic E-state index is 13.2. The summed E-state index contributed by atoms with van der Waals surface area (Å²) in [5.74, 6) is -2.97. The van der Waals surface area contributed by atoms with Gasteiger partial charge in [-0.15, -0.1) is 5.41 Å². The minimum absolute atomic E-state index is 0. The minimum atomic E-state index is -5.11. The van der Waals surface area contributed by atoms with Crippen LogP contribution >= 0.6 is 0 Å². The zero-order valence-corrected chi connectivity index (χ0v) is 27.0. The molecule has 1 unspecified atom stereocenters. The maximum absolute atomic E-state index is 13.2. The fraction of sp³-hybridized carbons (Fsp3) is 0.484. The largest absolute Gasteiger partial charge is 2.00 e. The van der Waals surface area contributed by atoms with E-state index >= 15 is 0 Å². The molecule has 234 valence electrons. The number of halogens is 4. The van der Waals surface area contributed by atoms with Gasteiger partial charge in [-0.2, -0.15) is 13.2 Å². The van der Waals surface area contributed by atoms with Gasteiger partial charge in [0, 0.05) is 13.3 Å². The Bertz CT molecular complexity index is 1040. The van der Waals surface area contributed by atoms with Gasteiger partial charge in [0.2, 0.25) is 5.78 Å². The first kappa shape index (κ1) is 46.8. The van der Waals surface area contributed by atoms with Crippen LogP contribution in [0, 0.1) is 6.92 Å². The molecule has 0 aliphatic heterocycles. The summed E-state index contributed by atoms with van der Waals surface area (Å²) in [5.41, 5.74) is -2.66. The Kier molecular flexibility index (Phi) is 23.1. The van der Waals surface area contributed by atoms with Crippen LogP contribution in [0.4, 0.5) is 13.2 Å². The molecule has 0 heterocycles. The molecule has 0 fully saturated rings. The zero-order chi connectivity index (χ0) is 30.5. The van der Waals surface area contributed by atoms with E-state index in [0.717, 1.165) is 0 Å². The molecule has 2 rings (SSSR count). The number of alkyl halides is 3. The topological polar surface area (TPSA) is 89.9 Å². The summed E-state index contributed by atoms with van der Waals surface area (Å²) in [4.78, 5) is 31.9. The molecule has 0 bridgehead atoms. The number of hydrogen-bond donors (Lipinski definition) is 1. The van der Waals surface area contributed by atoms with Gasteiger partial charge in [0.05, 0.1) is 13.2 Å². The molecule has 0 spiro atoms. The van der Waals surface area contributed by atoms with E-state index in [1.807, 2.05) is 18.2 Å². The van der Waals surface area contributed by atoms with Crippen molar-refractivity contribution in [3.8, 4) is 0 Å². The predicted octanol–water partition coefficient (Wildman–Crippen LogP) is 3.41. The monoisotopic (exact) mass is 628 g/mol. The molecule has 0 radical (unpaired) electrons. The summed E-state index contributed by atoms with van der Waals surface area (Å²) >= 11 is 0. The second-order valence-electron chi connectivity index (χ2n) is 10.0. The van der Waals surface area contributed by atoms with Gasteiger partial charge in [-0.1, -0.05) is 101 Å². The third kappa shape index (κ3) is 15.9. The molecule has 1 N–H and O–H groups in total. The van der Waals surface area contributed by atoms with Crippen LogP contribution < -0.4 is 12.4 Å². The van der Waals surface area contributed by atoms with Gasteiger partial charge in [0.25, 0.3) is 5.60 Å². The van der Waals surface area contributed by atoms with Gasteiger partial charge in [0.15, 0.2) is 0 Å². The summed E-state index contributed by atoms with van der Waals surface area (Å²) < 4.78 is 48.2. The summed E-state index contributed by atoms with van der Waals surface area (Å²) in [6.45, 7) is 15.6. The normalized spacial score (nSPS) is 12.0. The van der Waals surface area contributed by atoms with Crippen LogP contribution in [0.3, 0.4) is 0 Å². The average molecular weight is 629 g/mol. The van der Waals surface area contributed by atoms with Crippen molar-refractivity contribution in [3.63, 3.8) is 0 Å². The standard InChI is InChI=1S/C15H19F3O3.C10H13.C5H8O3.CH4.ClH.Mg/c1-4-21-12(19)14(20,15(16,17)18)10-13(2,3)11-8-6-5-7-9-11;1-10(2,3)9-7-5-4-6-8-9;1-3-8-5(7)4(2)6;;;/h5-9,20H,4,10H2,1-3H3;4-8H,1H2,2-3H3;3H2,1-2H3;1H4;1H;/q;-1;;;;+2/p-1. The molecule has 42 heavy (non-hydrogen) atoms. The first-order chi connectivity index (χ1) is 17.8. The van der Waals surface area contributed by atoms with Crippen molar-refractivity contribution in [3.05, 3.63) is 78.7 Å². The number of benzene rings is 2. The van der Waals surface area contributed by atoms with Crippen LogP contribution in [-0.2, 0) is 34.7 Å². The summed E-state index contributed by atoms with van der Waals surface area (Å²) in [7, 11) is 0. The zero-order valence-electron chi connectivity index (χ0n) is 24.8. The first-order valence-corrected chi connectivity index (χ1v) is 12.4. The Morgan fingerprint density at radius 1 is 0.810 bits per heavy atom. The van der Waals surface area contributed by atoms with E-state index in [2.05, 4.69) is 42.4 Å². The number of aliphatic hydroxyl groups is 1. The third-order valence-electron chi connectivity index (χ3n) is 5.45. The third-order valence-corrected chi connectivity index (χ3v) is 5.45. The molecule has 2 aromatic carbocycles. The number of hydrogen-bond acceptors (Lipinski definition) is 6. The fourth-order valence-corrected chi connectivity index (χ4v) is 3.29. The van der Waals surface area contributed by atoms with E-state index in [9.17, 15) is 32.7 Å². The van der Waals surface area contributed by atoms with E-state index in [1.54, 1.807) is 37.3 Å². The molecule has 6 nitrogen and oxygen atoms in total. The summed E-state index contributed by atoms with van der Waals surface area (Å²) in [5, 5.41) is 9.94. The Labute approximate surface area is 271 Å². The molecular formula is C31H44ClF3MgO6. The summed E-state index contributed by atoms with van der Waals surface area (Å²) in [6, 6.07) is 18.7. The number of Topliss-reactive ketones (excluding diaryl/α,β-unsaturated/α-hetero) is 1. The predicted molar refractivity (Wildman–Crippen MR) is 156 cm³/mol. The smallest absolute Gasteiger partial charge is 1.00 e. The second kappa shape index (κ2) is 20.7. The number of carbonyl (C=O) groups is 3. The van der Waals surface area contributed by atoms with Gasteiger partial charge in [-0.25, -0.2) is 9.59 Å². The Morgan fingerprint density at radius 3 is 1.45 bits per heavy atom. The number of carbonyl (C=O) groups excluding carboxylic acids is 3. The van der Waals surface area contributed by atoms with Crippen LogP contribution in [0.1, 0.15) is 73.4 Å². The van der Waals surface area contributed by atoms with Crippen LogP contribution in [0.5, 0.6) is 0 Å².